The lowest BCUT2D eigenvalue weighted by Gasteiger charge is -2.19. The van der Waals surface area contributed by atoms with E-state index >= 15 is 0 Å². The average Bonchev–Trinajstić information content (AvgIpc) is 3.45. The summed E-state index contributed by atoms with van der Waals surface area (Å²) in [5.41, 5.74) is 1.53. The van der Waals surface area contributed by atoms with Crippen molar-refractivity contribution in [2.24, 2.45) is 0 Å². The molecule has 6 rings (SSSR count). The van der Waals surface area contributed by atoms with Crippen LogP contribution in [0.4, 0.5) is 29.5 Å². The number of nitrogens with zero attached hydrogens (tertiary/aromatic N) is 1. The standard InChI is InChI=1S/C27H21F3N4O5/c1-37-21-5-2-13(10-18(21)27(28,29)30)33-26(36)32-12-17-23-16-11-14(3-6-19(16)39-24(17)23)38-20-8-9-31-25-15(20)4-7-22(35)34-25/h2-3,5-6,8-12,23-24H,4,7H2,1H3,(H,31,34,35)(H2,32,33,36)/b17-12-. The highest BCUT2D eigenvalue weighted by molar-refractivity contribution is 5.93. The zero-order valence-corrected chi connectivity index (χ0v) is 20.4. The zero-order chi connectivity index (χ0) is 27.3. The van der Waals surface area contributed by atoms with E-state index in [1.54, 1.807) is 18.3 Å². The first-order valence-corrected chi connectivity index (χ1v) is 12.0. The summed E-state index contributed by atoms with van der Waals surface area (Å²) in [4.78, 5) is 28.2. The van der Waals surface area contributed by atoms with Crippen LogP contribution in [0.15, 0.2) is 60.4 Å². The molecule has 3 N–H and O–H groups in total. The molecule has 9 nitrogen and oxygen atoms in total. The normalized spacial score (nSPS) is 19.7. The number of fused-ring (bicyclic) bond motifs is 4. The van der Waals surface area contributed by atoms with Crippen LogP contribution in [0.25, 0.3) is 0 Å². The maximum Gasteiger partial charge on any atom is 0.420 e. The molecule has 2 aromatic carbocycles. The maximum absolute atomic E-state index is 13.2. The zero-order valence-electron chi connectivity index (χ0n) is 20.4. The van der Waals surface area contributed by atoms with E-state index in [0.717, 1.165) is 35.9 Å². The number of alkyl halides is 3. The van der Waals surface area contributed by atoms with Gasteiger partial charge in [0.1, 0.15) is 34.9 Å². The number of nitrogens with one attached hydrogen (secondary N) is 3. The summed E-state index contributed by atoms with van der Waals surface area (Å²) in [5, 5.41) is 7.70. The highest BCUT2D eigenvalue weighted by atomic mass is 19.4. The predicted octanol–water partition coefficient (Wildman–Crippen LogP) is 5.35. The van der Waals surface area contributed by atoms with E-state index in [2.05, 4.69) is 20.9 Å². The number of aromatic nitrogens is 1. The van der Waals surface area contributed by atoms with Crippen LogP contribution in [0.5, 0.6) is 23.0 Å². The molecule has 2 atom stereocenters. The summed E-state index contributed by atoms with van der Waals surface area (Å²) in [7, 11) is 1.14. The lowest BCUT2D eigenvalue weighted by molar-refractivity contribution is -0.138. The molecule has 1 saturated carbocycles. The van der Waals surface area contributed by atoms with E-state index in [-0.39, 0.29) is 29.4 Å². The number of methoxy groups -OCH3 is 1. The minimum Gasteiger partial charge on any atom is -0.496 e. The lowest BCUT2D eigenvalue weighted by Crippen LogP contribution is -2.24. The van der Waals surface area contributed by atoms with Crippen LogP contribution in [-0.4, -0.2) is 30.1 Å². The average molecular weight is 538 g/mol. The van der Waals surface area contributed by atoms with Gasteiger partial charge in [0.15, 0.2) is 0 Å². The van der Waals surface area contributed by atoms with Gasteiger partial charge in [-0.05, 0) is 54.5 Å². The Morgan fingerprint density at radius 2 is 2.00 bits per heavy atom. The van der Waals surface area contributed by atoms with Gasteiger partial charge in [0.2, 0.25) is 5.91 Å². The lowest BCUT2D eigenvalue weighted by atomic mass is 10.1. The second-order valence-electron chi connectivity index (χ2n) is 9.16. The molecule has 12 heteroatoms. The number of urea groups is 1. The number of hydrogen-bond acceptors (Lipinski definition) is 6. The van der Waals surface area contributed by atoms with E-state index in [0.29, 0.717) is 35.9 Å². The van der Waals surface area contributed by atoms with Crippen molar-refractivity contribution in [2.45, 2.75) is 31.0 Å². The van der Waals surface area contributed by atoms with Gasteiger partial charge in [0.05, 0.1) is 18.6 Å². The monoisotopic (exact) mass is 538 g/mol. The maximum atomic E-state index is 13.2. The number of halogens is 3. The fourth-order valence-corrected chi connectivity index (χ4v) is 4.79. The van der Waals surface area contributed by atoms with E-state index < -0.39 is 17.8 Å². The molecule has 3 aromatic rings. The van der Waals surface area contributed by atoms with E-state index in [1.165, 1.54) is 12.3 Å². The van der Waals surface area contributed by atoms with Crippen LogP contribution in [-0.2, 0) is 17.4 Å². The second-order valence-corrected chi connectivity index (χ2v) is 9.16. The van der Waals surface area contributed by atoms with Crippen LogP contribution in [0.1, 0.15) is 29.0 Å². The Hall–Kier alpha value is -4.74. The molecule has 3 aliphatic rings. The number of hydrogen-bond donors (Lipinski definition) is 3. The SMILES string of the molecule is COc1ccc(NC(=O)N/C=C2\C3Oc4ccc(Oc5ccnc6c5CCC(=O)N6)cc4C23)cc1C(F)(F)F. The topological polar surface area (TPSA) is 111 Å². The van der Waals surface area contributed by atoms with Crippen LogP contribution >= 0.6 is 0 Å². The summed E-state index contributed by atoms with van der Waals surface area (Å²) in [6.45, 7) is 0. The van der Waals surface area contributed by atoms with Crippen LogP contribution in [0.2, 0.25) is 0 Å². The number of carbonyl (C=O) groups is 2. The van der Waals surface area contributed by atoms with Gasteiger partial charge in [-0.15, -0.1) is 0 Å². The van der Waals surface area contributed by atoms with Gasteiger partial charge >= 0.3 is 12.2 Å². The quantitative estimate of drug-likeness (QED) is 0.404. The minimum absolute atomic E-state index is 0.0312. The van der Waals surface area contributed by atoms with Crippen LogP contribution in [0, 0.1) is 0 Å². The molecule has 39 heavy (non-hydrogen) atoms. The smallest absolute Gasteiger partial charge is 0.420 e. The van der Waals surface area contributed by atoms with Gasteiger partial charge in [-0.2, -0.15) is 13.2 Å². The molecule has 2 unspecified atom stereocenters. The number of rotatable bonds is 5. The Kier molecular flexibility index (Phi) is 5.82. The minimum atomic E-state index is -4.63. The van der Waals surface area contributed by atoms with Gasteiger partial charge in [-0.3, -0.25) is 4.79 Å². The third kappa shape index (κ3) is 4.69. The highest BCUT2D eigenvalue weighted by Gasteiger charge is 2.54. The van der Waals surface area contributed by atoms with Crippen molar-refractivity contribution < 1.29 is 37.0 Å². The summed E-state index contributed by atoms with van der Waals surface area (Å²) >= 11 is 0. The van der Waals surface area contributed by atoms with E-state index in [4.69, 9.17) is 14.2 Å². The molecule has 0 saturated heterocycles. The molecular formula is C27H21F3N4O5. The molecule has 0 radical (unpaired) electrons. The van der Waals surface area contributed by atoms with E-state index in [1.807, 2.05) is 12.1 Å². The van der Waals surface area contributed by atoms with Crippen molar-refractivity contribution in [1.82, 2.24) is 10.3 Å². The number of ether oxygens (including phenoxy) is 3. The molecule has 0 spiro atoms. The summed E-state index contributed by atoms with van der Waals surface area (Å²) in [6, 6.07) is 9.79. The molecule has 1 fully saturated rings. The Balaban J connectivity index is 1.12. The summed E-state index contributed by atoms with van der Waals surface area (Å²) in [6.07, 6.45) is -0.923. The predicted molar refractivity (Wildman–Crippen MR) is 133 cm³/mol. The van der Waals surface area contributed by atoms with Gasteiger partial charge in [0, 0.05) is 35.6 Å². The Morgan fingerprint density at radius 3 is 2.79 bits per heavy atom. The largest absolute Gasteiger partial charge is 0.496 e. The third-order valence-corrected chi connectivity index (χ3v) is 6.68. The first-order chi connectivity index (χ1) is 18.7. The third-order valence-electron chi connectivity index (χ3n) is 6.68. The Bertz CT molecular complexity index is 1540. The first-order valence-electron chi connectivity index (χ1n) is 12.0. The molecule has 3 amide bonds. The molecule has 1 aromatic heterocycles. The molecule has 3 heterocycles. The van der Waals surface area contributed by atoms with Crippen molar-refractivity contribution in [3.63, 3.8) is 0 Å². The summed E-state index contributed by atoms with van der Waals surface area (Å²) < 4.78 is 56.6. The number of amides is 3. The van der Waals surface area contributed by atoms with Gasteiger partial charge < -0.3 is 30.2 Å². The number of benzene rings is 2. The van der Waals surface area contributed by atoms with Gasteiger partial charge in [0.25, 0.3) is 0 Å². The van der Waals surface area contributed by atoms with Crippen molar-refractivity contribution >= 4 is 23.4 Å². The van der Waals surface area contributed by atoms with Crippen LogP contribution in [0.3, 0.4) is 0 Å². The van der Waals surface area contributed by atoms with Crippen LogP contribution < -0.4 is 30.2 Å². The van der Waals surface area contributed by atoms with E-state index in [9.17, 15) is 22.8 Å². The Labute approximate surface area is 220 Å². The summed E-state index contributed by atoms with van der Waals surface area (Å²) in [5.74, 6) is 1.89. The second kappa shape index (κ2) is 9.22. The molecule has 2 aliphatic heterocycles. The van der Waals surface area contributed by atoms with Crippen molar-refractivity contribution in [1.29, 1.82) is 0 Å². The number of carbonyl (C=O) groups excluding carboxylic acids is 2. The Morgan fingerprint density at radius 1 is 1.15 bits per heavy atom. The van der Waals surface area contributed by atoms with Gasteiger partial charge in [-0.25, -0.2) is 9.78 Å². The molecule has 0 bridgehead atoms. The fourth-order valence-electron chi connectivity index (χ4n) is 4.79. The molecule has 1 aliphatic carbocycles. The fraction of sp³-hybridized carbons (Fsp3) is 0.222. The van der Waals surface area contributed by atoms with Crippen molar-refractivity contribution in [2.75, 3.05) is 17.7 Å². The molecular weight excluding hydrogens is 517 g/mol. The number of pyridine rings is 1. The number of anilines is 2. The molecule has 200 valence electrons. The van der Waals surface area contributed by atoms with Gasteiger partial charge in [-0.1, -0.05) is 0 Å². The van der Waals surface area contributed by atoms with Crippen molar-refractivity contribution in [3.8, 4) is 23.0 Å². The first kappa shape index (κ1) is 24.6. The van der Waals surface area contributed by atoms with Crippen molar-refractivity contribution in [3.05, 3.63) is 77.1 Å². The highest BCUT2D eigenvalue weighted by Crippen LogP contribution is 2.58.